The van der Waals surface area contributed by atoms with Gasteiger partial charge >= 0.3 is 0 Å². The monoisotopic (exact) mass is 438 g/mol. The fourth-order valence-electron chi connectivity index (χ4n) is 3.30. The lowest BCUT2D eigenvalue weighted by atomic mass is 9.99. The van der Waals surface area contributed by atoms with Gasteiger partial charge in [-0.1, -0.05) is 23.7 Å². The van der Waals surface area contributed by atoms with Crippen molar-refractivity contribution in [2.24, 2.45) is 5.92 Å². The highest BCUT2D eigenvalue weighted by Crippen LogP contribution is 2.32. The fraction of sp³-hybridized carbons (Fsp3) is 0.350. The molecular formula is C20H23ClN2O5S. The van der Waals surface area contributed by atoms with Gasteiger partial charge in [-0.05, 0) is 37.1 Å². The van der Waals surface area contributed by atoms with Crippen molar-refractivity contribution in [1.82, 2.24) is 4.31 Å². The molecule has 29 heavy (non-hydrogen) atoms. The Morgan fingerprint density at radius 2 is 1.86 bits per heavy atom. The first-order valence-electron chi connectivity index (χ1n) is 9.14. The lowest BCUT2D eigenvalue weighted by Crippen LogP contribution is -2.43. The van der Waals surface area contributed by atoms with Gasteiger partial charge in [0, 0.05) is 19.2 Å². The van der Waals surface area contributed by atoms with E-state index in [2.05, 4.69) is 5.32 Å². The Balaban J connectivity index is 1.77. The summed E-state index contributed by atoms with van der Waals surface area (Å²) in [6, 6.07) is 11.4. The molecule has 1 saturated heterocycles. The average Bonchev–Trinajstić information content (AvgIpc) is 2.74. The largest absolute Gasteiger partial charge is 0.493 e. The predicted octanol–water partition coefficient (Wildman–Crippen LogP) is 3.40. The molecule has 1 fully saturated rings. The molecule has 2 aromatic carbocycles. The topological polar surface area (TPSA) is 84.9 Å². The Kier molecular flexibility index (Phi) is 6.66. The number of piperidine rings is 1. The molecule has 156 valence electrons. The van der Waals surface area contributed by atoms with Crippen LogP contribution >= 0.6 is 11.6 Å². The number of rotatable bonds is 6. The number of carbonyl (C=O) groups is 1. The Labute approximate surface area is 175 Å². The van der Waals surface area contributed by atoms with Crippen molar-refractivity contribution in [3.05, 3.63) is 47.5 Å². The third-order valence-corrected chi connectivity index (χ3v) is 7.07. The molecule has 1 amide bonds. The van der Waals surface area contributed by atoms with Crippen LogP contribution in [0.15, 0.2) is 47.4 Å². The Morgan fingerprint density at radius 3 is 2.55 bits per heavy atom. The Bertz CT molecular complexity index is 996. The number of benzene rings is 2. The highest BCUT2D eigenvalue weighted by Gasteiger charge is 2.34. The maximum atomic E-state index is 13.1. The van der Waals surface area contributed by atoms with Crippen molar-refractivity contribution in [2.75, 3.05) is 32.6 Å². The van der Waals surface area contributed by atoms with E-state index in [1.54, 1.807) is 30.3 Å². The molecule has 0 spiro atoms. The molecule has 0 radical (unpaired) electrons. The predicted molar refractivity (Wildman–Crippen MR) is 111 cm³/mol. The lowest BCUT2D eigenvalue weighted by molar-refractivity contribution is -0.120. The van der Waals surface area contributed by atoms with Gasteiger partial charge in [0.15, 0.2) is 11.5 Å². The number of sulfonamides is 1. The quantitative estimate of drug-likeness (QED) is 0.747. The molecule has 0 aliphatic carbocycles. The minimum Gasteiger partial charge on any atom is -0.493 e. The Hall–Kier alpha value is -2.29. The zero-order valence-corrected chi connectivity index (χ0v) is 17.8. The summed E-state index contributed by atoms with van der Waals surface area (Å²) < 4.78 is 37.9. The highest BCUT2D eigenvalue weighted by molar-refractivity contribution is 7.89. The van der Waals surface area contributed by atoms with Gasteiger partial charge in [-0.3, -0.25) is 4.79 Å². The van der Waals surface area contributed by atoms with Crippen LogP contribution in [0.25, 0.3) is 0 Å². The van der Waals surface area contributed by atoms with Gasteiger partial charge in [0.2, 0.25) is 15.9 Å². The first-order chi connectivity index (χ1) is 13.9. The van der Waals surface area contributed by atoms with Crippen LogP contribution in [0.4, 0.5) is 5.69 Å². The van der Waals surface area contributed by atoms with Gasteiger partial charge < -0.3 is 14.8 Å². The molecule has 9 heteroatoms. The van der Waals surface area contributed by atoms with Crippen LogP contribution in [-0.4, -0.2) is 45.9 Å². The molecular weight excluding hydrogens is 416 g/mol. The van der Waals surface area contributed by atoms with Gasteiger partial charge in [-0.15, -0.1) is 0 Å². The van der Waals surface area contributed by atoms with Crippen LogP contribution < -0.4 is 14.8 Å². The first-order valence-corrected chi connectivity index (χ1v) is 11.0. The molecule has 1 aliphatic rings. The molecule has 0 saturated carbocycles. The van der Waals surface area contributed by atoms with Crippen molar-refractivity contribution >= 4 is 33.2 Å². The van der Waals surface area contributed by atoms with Gasteiger partial charge in [-0.25, -0.2) is 8.42 Å². The summed E-state index contributed by atoms with van der Waals surface area (Å²) in [6.07, 6.45) is 1.20. The van der Waals surface area contributed by atoms with Crippen LogP contribution in [-0.2, 0) is 14.8 Å². The number of para-hydroxylation sites is 1. The average molecular weight is 439 g/mol. The molecule has 1 heterocycles. The number of amides is 1. The number of halogens is 1. The molecule has 3 rings (SSSR count). The fourth-order valence-corrected chi connectivity index (χ4v) is 5.02. The molecule has 1 N–H and O–H groups in total. The van der Waals surface area contributed by atoms with E-state index in [0.717, 1.165) is 0 Å². The molecule has 1 aliphatic heterocycles. The van der Waals surface area contributed by atoms with Crippen molar-refractivity contribution in [2.45, 2.75) is 17.7 Å². The number of ether oxygens (including phenoxy) is 2. The van der Waals surface area contributed by atoms with E-state index in [4.69, 9.17) is 21.1 Å². The number of nitrogens with zero attached hydrogens (tertiary/aromatic N) is 1. The summed E-state index contributed by atoms with van der Waals surface area (Å²) >= 11 is 6.10. The van der Waals surface area contributed by atoms with Crippen LogP contribution in [0.1, 0.15) is 12.8 Å². The number of hydrogen-bond acceptors (Lipinski definition) is 5. The van der Waals surface area contributed by atoms with E-state index in [1.807, 2.05) is 0 Å². The number of carbonyl (C=O) groups excluding carboxylic acids is 1. The second kappa shape index (κ2) is 9.02. The zero-order chi connectivity index (χ0) is 21.0. The van der Waals surface area contributed by atoms with Gasteiger partial charge in [0.1, 0.15) is 0 Å². The summed E-state index contributed by atoms with van der Waals surface area (Å²) in [5.74, 6) is 0.0703. The summed E-state index contributed by atoms with van der Waals surface area (Å²) in [5.41, 5.74) is 0.513. The minimum atomic E-state index is -3.78. The van der Waals surface area contributed by atoms with E-state index in [-0.39, 0.29) is 17.3 Å². The summed E-state index contributed by atoms with van der Waals surface area (Å²) in [5, 5.41) is 3.23. The molecule has 7 nitrogen and oxygen atoms in total. The van der Waals surface area contributed by atoms with Crippen LogP contribution in [0.3, 0.4) is 0 Å². The standard InChI is InChI=1S/C20H23ClN2O5S/c1-27-18-10-9-15(12-19(18)28-2)29(25,26)23-11-5-6-14(13-23)20(24)22-17-8-4-3-7-16(17)21/h3-4,7-10,12,14H,5-6,11,13H2,1-2H3,(H,22,24)/t14-/m1/s1. The zero-order valence-electron chi connectivity index (χ0n) is 16.2. The number of methoxy groups -OCH3 is 2. The van der Waals surface area contributed by atoms with E-state index >= 15 is 0 Å². The molecule has 0 unspecified atom stereocenters. The third kappa shape index (κ3) is 4.66. The van der Waals surface area contributed by atoms with Crippen molar-refractivity contribution in [3.63, 3.8) is 0 Å². The second-order valence-corrected chi connectivity index (χ2v) is 9.03. The van der Waals surface area contributed by atoms with E-state index in [1.165, 1.54) is 30.7 Å². The van der Waals surface area contributed by atoms with E-state index in [0.29, 0.717) is 41.6 Å². The van der Waals surface area contributed by atoms with Gasteiger partial charge in [0.05, 0.1) is 35.7 Å². The van der Waals surface area contributed by atoms with E-state index < -0.39 is 15.9 Å². The third-order valence-electron chi connectivity index (χ3n) is 4.88. The minimum absolute atomic E-state index is 0.0994. The lowest BCUT2D eigenvalue weighted by Gasteiger charge is -2.31. The second-order valence-electron chi connectivity index (χ2n) is 6.69. The molecule has 1 atom stereocenters. The highest BCUT2D eigenvalue weighted by atomic mass is 35.5. The summed E-state index contributed by atoms with van der Waals surface area (Å²) in [4.78, 5) is 12.8. The molecule has 0 bridgehead atoms. The number of hydrogen-bond donors (Lipinski definition) is 1. The maximum absolute atomic E-state index is 13.1. The van der Waals surface area contributed by atoms with E-state index in [9.17, 15) is 13.2 Å². The van der Waals surface area contributed by atoms with Crippen molar-refractivity contribution in [3.8, 4) is 11.5 Å². The normalized spacial score (nSPS) is 17.6. The first kappa shape index (κ1) is 21.4. The van der Waals surface area contributed by atoms with Crippen LogP contribution in [0.5, 0.6) is 11.5 Å². The maximum Gasteiger partial charge on any atom is 0.243 e. The van der Waals surface area contributed by atoms with Crippen LogP contribution in [0.2, 0.25) is 5.02 Å². The summed E-state index contributed by atoms with van der Waals surface area (Å²) in [6.45, 7) is 0.458. The van der Waals surface area contributed by atoms with Gasteiger partial charge in [0.25, 0.3) is 0 Å². The van der Waals surface area contributed by atoms with Gasteiger partial charge in [-0.2, -0.15) is 4.31 Å². The van der Waals surface area contributed by atoms with Crippen molar-refractivity contribution < 1.29 is 22.7 Å². The number of nitrogens with one attached hydrogen (secondary N) is 1. The van der Waals surface area contributed by atoms with Crippen molar-refractivity contribution in [1.29, 1.82) is 0 Å². The Morgan fingerprint density at radius 1 is 1.14 bits per heavy atom. The smallest absolute Gasteiger partial charge is 0.243 e. The molecule has 0 aromatic heterocycles. The molecule has 2 aromatic rings. The van der Waals surface area contributed by atoms with Crippen LogP contribution in [0, 0.1) is 5.92 Å². The SMILES string of the molecule is COc1ccc(S(=O)(=O)N2CCC[C@@H](C(=O)Nc3ccccc3Cl)C2)cc1OC. The summed E-state index contributed by atoms with van der Waals surface area (Å²) in [7, 11) is -0.842. The number of anilines is 1.